The van der Waals surface area contributed by atoms with Crippen LogP contribution >= 0.6 is 0 Å². The molecule has 4 fully saturated rings. The predicted octanol–water partition coefficient (Wildman–Crippen LogP) is 16.5. The van der Waals surface area contributed by atoms with Gasteiger partial charge >= 0.3 is 0 Å². The minimum Gasteiger partial charge on any atom is -0.310 e. The molecule has 0 saturated heterocycles. The molecule has 318 valence electrons. The molecule has 13 rings (SSSR count). The smallest absolute Gasteiger partial charge is 0.0543 e. The van der Waals surface area contributed by atoms with E-state index in [0.29, 0.717) is 5.41 Å². The summed E-state index contributed by atoms with van der Waals surface area (Å²) in [4.78, 5) is 2.69. The van der Waals surface area contributed by atoms with Gasteiger partial charge in [0.25, 0.3) is 0 Å². The molecule has 2 bridgehead atoms. The van der Waals surface area contributed by atoms with Crippen LogP contribution in [0.1, 0.15) is 140 Å². The largest absolute Gasteiger partial charge is 0.310 e. The highest BCUT2D eigenvalue weighted by molar-refractivity contribution is 5.96. The van der Waals surface area contributed by atoms with E-state index in [1.54, 1.807) is 11.1 Å². The number of hydrogen-bond acceptors (Lipinski definition) is 1. The number of rotatable bonds is 5. The van der Waals surface area contributed by atoms with E-state index in [4.69, 9.17) is 0 Å². The maximum atomic E-state index is 2.77. The normalized spacial score (nSPS) is 29.7. The van der Waals surface area contributed by atoms with Gasteiger partial charge in [0, 0.05) is 22.4 Å². The lowest BCUT2D eigenvalue weighted by Crippen LogP contribution is -2.73. The van der Waals surface area contributed by atoms with Gasteiger partial charge in [-0.15, -0.1) is 0 Å². The van der Waals surface area contributed by atoms with Crippen molar-refractivity contribution in [1.29, 1.82) is 0 Å². The van der Waals surface area contributed by atoms with Gasteiger partial charge in [-0.05, 0) is 200 Å². The maximum Gasteiger partial charge on any atom is 0.0543 e. The van der Waals surface area contributed by atoms with Crippen LogP contribution < -0.4 is 4.90 Å². The average molecular weight is 824 g/mol. The SMILES string of the molecule is CC1(C)CCC(C)(C)c2cc(-c3cc4c(cc3N(c3ccc(-c5ccccc5)cc3)c3ccc5c(c3)C(C)(C)CCC5(C)C)C3(c5ccccc5-4)C4CC5CC6CC3C64C5)ccc21. The first kappa shape index (κ1) is 38.6. The Hall–Kier alpha value is -4.88. The molecule has 1 nitrogen and oxygen atoms in total. The van der Waals surface area contributed by atoms with Gasteiger partial charge in [-0.25, -0.2) is 0 Å². The fourth-order valence-corrected chi connectivity index (χ4v) is 16.1. The minimum absolute atomic E-state index is 0.0931. The zero-order chi connectivity index (χ0) is 43.1. The second kappa shape index (κ2) is 12.5. The fourth-order valence-electron chi connectivity index (χ4n) is 16.1. The first-order valence-electron chi connectivity index (χ1n) is 24.7. The van der Waals surface area contributed by atoms with Crippen LogP contribution in [-0.2, 0) is 27.1 Å². The van der Waals surface area contributed by atoms with Crippen molar-refractivity contribution in [3.05, 3.63) is 161 Å². The highest BCUT2D eigenvalue weighted by atomic mass is 15.1. The first-order valence-corrected chi connectivity index (χ1v) is 24.7. The summed E-state index contributed by atoms with van der Waals surface area (Å²) in [5.41, 5.74) is 22.6. The van der Waals surface area contributed by atoms with Crippen LogP contribution in [-0.4, -0.2) is 0 Å². The first-order chi connectivity index (χ1) is 30.1. The minimum atomic E-state index is 0.0931. The van der Waals surface area contributed by atoms with Crippen molar-refractivity contribution in [2.24, 2.45) is 29.1 Å². The summed E-state index contributed by atoms with van der Waals surface area (Å²) in [6.07, 6.45) is 10.6. The van der Waals surface area contributed by atoms with Gasteiger partial charge in [-0.1, -0.05) is 146 Å². The lowest BCUT2D eigenvalue weighted by atomic mass is 9.27. The Balaban J connectivity index is 1.09. The summed E-state index contributed by atoms with van der Waals surface area (Å²) in [6, 6.07) is 50.8. The number of anilines is 3. The van der Waals surface area contributed by atoms with E-state index in [1.165, 1.54) is 124 Å². The molecular weight excluding hydrogens is 759 g/mol. The Kier molecular flexibility index (Phi) is 7.63. The van der Waals surface area contributed by atoms with E-state index in [2.05, 4.69) is 188 Å². The highest BCUT2D eigenvalue weighted by Gasteiger charge is 2.84. The molecule has 6 atom stereocenters. The molecule has 6 aromatic rings. The molecule has 2 spiro atoms. The van der Waals surface area contributed by atoms with Crippen molar-refractivity contribution < 1.29 is 0 Å². The van der Waals surface area contributed by atoms with Crippen LogP contribution in [0.5, 0.6) is 0 Å². The molecule has 0 amide bonds. The Morgan fingerprint density at radius 1 is 0.413 bits per heavy atom. The van der Waals surface area contributed by atoms with Crippen LogP contribution in [0.2, 0.25) is 0 Å². The zero-order valence-corrected chi connectivity index (χ0v) is 39.0. The van der Waals surface area contributed by atoms with Crippen molar-refractivity contribution in [3.63, 3.8) is 0 Å². The zero-order valence-electron chi connectivity index (χ0n) is 39.0. The highest BCUT2D eigenvalue weighted by Crippen LogP contribution is 2.89. The summed E-state index contributed by atoms with van der Waals surface area (Å²) >= 11 is 0. The van der Waals surface area contributed by atoms with Crippen LogP contribution in [0.3, 0.4) is 0 Å². The third-order valence-electron chi connectivity index (χ3n) is 19.5. The molecule has 1 heteroatoms. The Morgan fingerprint density at radius 2 is 0.984 bits per heavy atom. The second-order valence-corrected chi connectivity index (χ2v) is 24.3. The van der Waals surface area contributed by atoms with Gasteiger partial charge in [-0.2, -0.15) is 0 Å². The molecule has 6 aromatic carbocycles. The number of fused-ring (bicyclic) bond motifs is 10. The molecular formula is C62H65N. The average Bonchev–Trinajstić information content (AvgIpc) is 3.91. The maximum absolute atomic E-state index is 2.77. The lowest BCUT2D eigenvalue weighted by molar-refractivity contribution is -0.231. The molecule has 0 N–H and O–H groups in total. The molecule has 63 heavy (non-hydrogen) atoms. The number of nitrogens with zero attached hydrogens (tertiary/aromatic N) is 1. The van der Waals surface area contributed by atoms with E-state index < -0.39 is 0 Å². The van der Waals surface area contributed by atoms with Gasteiger partial charge in [0.05, 0.1) is 5.69 Å². The molecule has 0 aromatic heterocycles. The van der Waals surface area contributed by atoms with Gasteiger partial charge in [0.15, 0.2) is 0 Å². The molecule has 4 saturated carbocycles. The summed E-state index contributed by atoms with van der Waals surface area (Å²) in [5, 5.41) is 0. The monoisotopic (exact) mass is 824 g/mol. The Morgan fingerprint density at radius 3 is 1.68 bits per heavy atom. The van der Waals surface area contributed by atoms with E-state index in [1.807, 2.05) is 0 Å². The molecule has 0 radical (unpaired) electrons. The van der Waals surface area contributed by atoms with Crippen LogP contribution in [0, 0.1) is 29.1 Å². The summed E-state index contributed by atoms with van der Waals surface area (Å²) in [7, 11) is 0. The summed E-state index contributed by atoms with van der Waals surface area (Å²) in [6.45, 7) is 19.8. The second-order valence-electron chi connectivity index (χ2n) is 24.3. The van der Waals surface area contributed by atoms with E-state index in [0.717, 1.165) is 23.7 Å². The lowest BCUT2D eigenvalue weighted by Gasteiger charge is -2.76. The van der Waals surface area contributed by atoms with Crippen LogP contribution in [0.4, 0.5) is 17.1 Å². The van der Waals surface area contributed by atoms with Crippen molar-refractivity contribution in [2.45, 2.75) is 134 Å². The van der Waals surface area contributed by atoms with Crippen molar-refractivity contribution >= 4 is 17.1 Å². The van der Waals surface area contributed by atoms with Crippen molar-refractivity contribution in [2.75, 3.05) is 4.90 Å². The van der Waals surface area contributed by atoms with Gasteiger partial charge in [0.2, 0.25) is 0 Å². The van der Waals surface area contributed by atoms with E-state index >= 15 is 0 Å². The fraction of sp³-hybridized carbons (Fsp3) is 0.419. The van der Waals surface area contributed by atoms with Gasteiger partial charge in [0.1, 0.15) is 0 Å². The quantitative estimate of drug-likeness (QED) is 0.167. The Labute approximate surface area is 377 Å². The molecule has 6 unspecified atom stereocenters. The number of benzene rings is 6. The van der Waals surface area contributed by atoms with Gasteiger partial charge < -0.3 is 4.90 Å². The summed E-state index contributed by atoms with van der Waals surface area (Å²) in [5.74, 6) is 3.39. The summed E-state index contributed by atoms with van der Waals surface area (Å²) < 4.78 is 0. The third kappa shape index (κ3) is 4.96. The van der Waals surface area contributed by atoms with Gasteiger partial charge in [-0.3, -0.25) is 0 Å². The van der Waals surface area contributed by atoms with Crippen LogP contribution in [0.25, 0.3) is 33.4 Å². The van der Waals surface area contributed by atoms with E-state index in [-0.39, 0.29) is 27.1 Å². The molecule has 0 aliphatic heterocycles. The van der Waals surface area contributed by atoms with E-state index in [9.17, 15) is 0 Å². The molecule has 7 aliphatic rings. The van der Waals surface area contributed by atoms with Crippen molar-refractivity contribution in [1.82, 2.24) is 0 Å². The van der Waals surface area contributed by atoms with Crippen LogP contribution in [0.15, 0.2) is 127 Å². The third-order valence-corrected chi connectivity index (χ3v) is 19.5. The topological polar surface area (TPSA) is 3.24 Å². The predicted molar refractivity (Wildman–Crippen MR) is 264 cm³/mol. The van der Waals surface area contributed by atoms with Crippen molar-refractivity contribution in [3.8, 4) is 33.4 Å². The standard InChI is InChI=1S/C62H65N/c1-57(2)26-28-59(5,6)52-32-41(20-24-49(52)57)46-35-47-45-16-12-13-17-48(45)62(55-31-38-30-42-33-56(62)61(42,55)37-38)51(47)36-54(46)63(43-21-18-40(19-22-43)39-14-10-9-11-15-39)44-23-25-50-53(34-44)60(7,8)29-27-58(50,3)4/h9-25,32,34-36,38,42,55-56H,26-31,33,37H2,1-8H3. The molecule has 0 heterocycles. The Bertz CT molecular complexity index is 2890. The number of hydrogen-bond donors (Lipinski definition) is 0. The molecule has 7 aliphatic carbocycles.